The molecule has 4 heteroatoms. The van der Waals surface area contributed by atoms with Crippen molar-refractivity contribution < 1.29 is 5.11 Å². The molecule has 1 saturated heterocycles. The lowest BCUT2D eigenvalue weighted by Crippen LogP contribution is -2.42. The first-order valence-corrected chi connectivity index (χ1v) is 7.23. The van der Waals surface area contributed by atoms with Gasteiger partial charge < -0.3 is 10.4 Å². The highest BCUT2D eigenvalue weighted by molar-refractivity contribution is 5.43. The average Bonchev–Trinajstić information content (AvgIpc) is 2.40. The van der Waals surface area contributed by atoms with Crippen LogP contribution >= 0.6 is 0 Å². The Kier molecular flexibility index (Phi) is 4.77. The van der Waals surface area contributed by atoms with Crippen molar-refractivity contribution in [3.8, 4) is 0 Å². The first kappa shape index (κ1) is 14.3. The fourth-order valence-corrected chi connectivity index (χ4v) is 2.40. The van der Waals surface area contributed by atoms with Crippen LogP contribution in [0.5, 0.6) is 0 Å². The summed E-state index contributed by atoms with van der Waals surface area (Å²) in [5, 5.41) is 13.4. The first-order valence-electron chi connectivity index (χ1n) is 7.23. The third-order valence-electron chi connectivity index (χ3n) is 3.76. The highest BCUT2D eigenvalue weighted by atomic mass is 16.3. The number of anilines is 1. The van der Waals surface area contributed by atoms with Crippen molar-refractivity contribution in [1.29, 1.82) is 0 Å². The lowest BCUT2D eigenvalue weighted by atomic mass is 9.93. The molecule has 1 aliphatic rings. The van der Waals surface area contributed by atoms with Gasteiger partial charge in [-0.15, -0.1) is 0 Å². The SMILES string of the molecule is CCCNc1ncccc1CN1CCC(C)(O)CC1. The molecule has 0 radical (unpaired) electrons. The van der Waals surface area contributed by atoms with Gasteiger partial charge in [0.15, 0.2) is 0 Å². The average molecular weight is 263 g/mol. The zero-order valence-corrected chi connectivity index (χ0v) is 12.0. The van der Waals surface area contributed by atoms with Crippen molar-refractivity contribution in [2.45, 2.75) is 45.3 Å². The maximum atomic E-state index is 9.98. The Balaban J connectivity index is 1.95. The van der Waals surface area contributed by atoms with Crippen LogP contribution < -0.4 is 5.32 Å². The Morgan fingerprint density at radius 1 is 1.42 bits per heavy atom. The van der Waals surface area contributed by atoms with E-state index in [9.17, 15) is 5.11 Å². The van der Waals surface area contributed by atoms with Gasteiger partial charge in [-0.25, -0.2) is 4.98 Å². The predicted molar refractivity (Wildman–Crippen MR) is 78.2 cm³/mol. The lowest BCUT2D eigenvalue weighted by Gasteiger charge is -2.35. The summed E-state index contributed by atoms with van der Waals surface area (Å²) in [7, 11) is 0. The highest BCUT2D eigenvalue weighted by Crippen LogP contribution is 2.23. The van der Waals surface area contributed by atoms with Crippen LogP contribution in [0.1, 0.15) is 38.7 Å². The maximum absolute atomic E-state index is 9.98. The molecule has 0 unspecified atom stereocenters. The fourth-order valence-electron chi connectivity index (χ4n) is 2.40. The van der Waals surface area contributed by atoms with Gasteiger partial charge in [0.1, 0.15) is 5.82 Å². The fraction of sp³-hybridized carbons (Fsp3) is 0.667. The molecular weight excluding hydrogens is 238 g/mol. The summed E-state index contributed by atoms with van der Waals surface area (Å²) in [6, 6.07) is 4.13. The van der Waals surface area contributed by atoms with E-state index in [0.29, 0.717) is 0 Å². The Morgan fingerprint density at radius 2 is 2.16 bits per heavy atom. The number of likely N-dealkylation sites (tertiary alicyclic amines) is 1. The summed E-state index contributed by atoms with van der Waals surface area (Å²) in [5.74, 6) is 1.00. The van der Waals surface area contributed by atoms with Crippen molar-refractivity contribution in [3.63, 3.8) is 0 Å². The summed E-state index contributed by atoms with van der Waals surface area (Å²) in [6.07, 6.45) is 4.64. The third-order valence-corrected chi connectivity index (χ3v) is 3.76. The number of pyridine rings is 1. The lowest BCUT2D eigenvalue weighted by molar-refractivity contribution is -0.00726. The minimum Gasteiger partial charge on any atom is -0.390 e. The molecule has 0 atom stereocenters. The summed E-state index contributed by atoms with van der Waals surface area (Å²) >= 11 is 0. The van der Waals surface area contributed by atoms with Crippen molar-refractivity contribution in [3.05, 3.63) is 23.9 Å². The maximum Gasteiger partial charge on any atom is 0.130 e. The van der Waals surface area contributed by atoms with Gasteiger partial charge in [0.05, 0.1) is 5.60 Å². The second kappa shape index (κ2) is 6.35. The number of aromatic nitrogens is 1. The summed E-state index contributed by atoms with van der Waals surface area (Å²) in [5.41, 5.74) is 0.770. The second-order valence-corrected chi connectivity index (χ2v) is 5.71. The number of aliphatic hydroxyl groups is 1. The number of nitrogens with one attached hydrogen (secondary N) is 1. The van der Waals surface area contributed by atoms with E-state index in [1.165, 1.54) is 5.56 Å². The second-order valence-electron chi connectivity index (χ2n) is 5.71. The molecule has 1 aromatic rings. The van der Waals surface area contributed by atoms with Crippen molar-refractivity contribution in [2.24, 2.45) is 0 Å². The van der Waals surface area contributed by atoms with Crippen LogP contribution in [0.4, 0.5) is 5.82 Å². The molecule has 2 N–H and O–H groups in total. The number of hydrogen-bond acceptors (Lipinski definition) is 4. The van der Waals surface area contributed by atoms with Crippen LogP contribution in [-0.2, 0) is 6.54 Å². The molecule has 0 spiro atoms. The van der Waals surface area contributed by atoms with E-state index in [2.05, 4.69) is 28.2 Å². The van der Waals surface area contributed by atoms with Gasteiger partial charge in [-0.05, 0) is 32.3 Å². The topological polar surface area (TPSA) is 48.4 Å². The largest absolute Gasteiger partial charge is 0.390 e. The molecular formula is C15H25N3O. The van der Waals surface area contributed by atoms with Crippen LogP contribution in [-0.4, -0.2) is 40.2 Å². The van der Waals surface area contributed by atoms with Gasteiger partial charge in [-0.3, -0.25) is 4.90 Å². The first-order chi connectivity index (χ1) is 9.11. The molecule has 106 valence electrons. The minimum atomic E-state index is -0.477. The van der Waals surface area contributed by atoms with Gasteiger partial charge in [-0.2, -0.15) is 0 Å². The van der Waals surface area contributed by atoms with Gasteiger partial charge in [-0.1, -0.05) is 13.0 Å². The quantitative estimate of drug-likeness (QED) is 0.855. The van der Waals surface area contributed by atoms with E-state index in [1.54, 1.807) is 0 Å². The summed E-state index contributed by atoms with van der Waals surface area (Å²) in [6.45, 7) is 7.86. The molecule has 0 aliphatic carbocycles. The van der Waals surface area contributed by atoms with Gasteiger partial charge in [0.2, 0.25) is 0 Å². The normalized spacial score (nSPS) is 19.3. The van der Waals surface area contributed by atoms with Crippen LogP contribution in [0.25, 0.3) is 0 Å². The Labute approximate surface area is 115 Å². The van der Waals surface area contributed by atoms with Crippen molar-refractivity contribution in [2.75, 3.05) is 25.0 Å². The number of hydrogen-bond donors (Lipinski definition) is 2. The molecule has 1 aromatic heterocycles. The van der Waals surface area contributed by atoms with Gasteiger partial charge >= 0.3 is 0 Å². The summed E-state index contributed by atoms with van der Waals surface area (Å²) < 4.78 is 0. The van der Waals surface area contributed by atoms with E-state index in [1.807, 2.05) is 19.2 Å². The molecule has 0 bridgehead atoms. The van der Waals surface area contributed by atoms with Crippen LogP contribution in [0.3, 0.4) is 0 Å². The molecule has 0 saturated carbocycles. The molecule has 2 heterocycles. The van der Waals surface area contributed by atoms with Crippen LogP contribution in [0, 0.1) is 0 Å². The van der Waals surface area contributed by atoms with Crippen molar-refractivity contribution >= 4 is 5.82 Å². The molecule has 1 fully saturated rings. The van der Waals surface area contributed by atoms with Gasteiger partial charge in [0.25, 0.3) is 0 Å². The van der Waals surface area contributed by atoms with E-state index in [-0.39, 0.29) is 0 Å². The molecule has 19 heavy (non-hydrogen) atoms. The molecule has 1 aliphatic heterocycles. The van der Waals surface area contributed by atoms with E-state index in [4.69, 9.17) is 0 Å². The van der Waals surface area contributed by atoms with Gasteiger partial charge in [0, 0.05) is 37.9 Å². The standard InChI is InChI=1S/C15H25N3O/c1-3-8-16-14-13(5-4-9-17-14)12-18-10-6-15(2,19)7-11-18/h4-5,9,19H,3,6-8,10-12H2,1-2H3,(H,16,17). The Morgan fingerprint density at radius 3 is 2.84 bits per heavy atom. The summed E-state index contributed by atoms with van der Waals surface area (Å²) in [4.78, 5) is 6.82. The molecule has 2 rings (SSSR count). The van der Waals surface area contributed by atoms with E-state index >= 15 is 0 Å². The molecule has 0 aromatic carbocycles. The number of rotatable bonds is 5. The monoisotopic (exact) mass is 263 g/mol. The van der Waals surface area contributed by atoms with Crippen molar-refractivity contribution in [1.82, 2.24) is 9.88 Å². The highest BCUT2D eigenvalue weighted by Gasteiger charge is 2.27. The molecule has 4 nitrogen and oxygen atoms in total. The number of piperidine rings is 1. The third kappa shape index (κ3) is 4.18. The zero-order valence-electron chi connectivity index (χ0n) is 12.0. The van der Waals surface area contributed by atoms with E-state index in [0.717, 1.165) is 51.3 Å². The van der Waals surface area contributed by atoms with Crippen LogP contribution in [0.15, 0.2) is 18.3 Å². The zero-order chi connectivity index (χ0) is 13.7. The molecule has 0 amide bonds. The van der Waals surface area contributed by atoms with E-state index < -0.39 is 5.60 Å². The van der Waals surface area contributed by atoms with Crippen LogP contribution in [0.2, 0.25) is 0 Å². The Bertz CT molecular complexity index is 396. The Hall–Kier alpha value is -1.13. The predicted octanol–water partition coefficient (Wildman–Crippen LogP) is 2.25. The number of nitrogens with zero attached hydrogens (tertiary/aromatic N) is 2. The smallest absolute Gasteiger partial charge is 0.130 e. The minimum absolute atomic E-state index is 0.477.